The van der Waals surface area contributed by atoms with E-state index in [1.807, 2.05) is 13.8 Å². The van der Waals surface area contributed by atoms with Gasteiger partial charge >= 0.3 is 0 Å². The van der Waals surface area contributed by atoms with Gasteiger partial charge in [0.25, 0.3) is 0 Å². The Balaban J connectivity index is 2.42. The number of rotatable bonds is 1. The minimum atomic E-state index is -0.545. The zero-order chi connectivity index (χ0) is 6.91. The molecule has 0 unspecified atom stereocenters. The Hall–Kier alpha value is -0.0800. The van der Waals surface area contributed by atoms with Crippen LogP contribution in [0, 0.1) is 5.92 Å². The highest BCUT2D eigenvalue weighted by atomic mass is 16.5. The van der Waals surface area contributed by atoms with Crippen molar-refractivity contribution in [3.63, 3.8) is 0 Å². The largest absolute Gasteiger partial charge is 0.390 e. The van der Waals surface area contributed by atoms with Crippen molar-refractivity contribution in [2.45, 2.75) is 25.9 Å². The van der Waals surface area contributed by atoms with Crippen molar-refractivity contribution in [3.05, 3.63) is 0 Å². The van der Waals surface area contributed by atoms with E-state index in [9.17, 15) is 5.11 Å². The van der Waals surface area contributed by atoms with Gasteiger partial charge in [-0.2, -0.15) is 0 Å². The summed E-state index contributed by atoms with van der Waals surface area (Å²) in [7, 11) is 0. The molecule has 0 amide bonds. The van der Waals surface area contributed by atoms with Gasteiger partial charge in [0.15, 0.2) is 0 Å². The molecule has 1 atom stereocenters. The van der Waals surface area contributed by atoms with Crippen LogP contribution in [0.5, 0.6) is 0 Å². The molecule has 0 aromatic rings. The Morgan fingerprint density at radius 2 is 2.22 bits per heavy atom. The van der Waals surface area contributed by atoms with Crippen LogP contribution in [0.15, 0.2) is 0 Å². The predicted molar refractivity (Wildman–Crippen MR) is 35.2 cm³/mol. The molecule has 1 aliphatic heterocycles. The van der Waals surface area contributed by atoms with E-state index in [1.54, 1.807) is 0 Å². The molecule has 1 N–H and O–H groups in total. The number of hydrogen-bond acceptors (Lipinski definition) is 2. The molecule has 1 saturated heterocycles. The van der Waals surface area contributed by atoms with E-state index in [0.717, 1.165) is 19.6 Å². The van der Waals surface area contributed by atoms with Gasteiger partial charge in [-0.15, -0.1) is 0 Å². The van der Waals surface area contributed by atoms with Crippen molar-refractivity contribution in [2.75, 3.05) is 13.2 Å². The molecule has 1 rings (SSSR count). The summed E-state index contributed by atoms with van der Waals surface area (Å²) < 4.78 is 5.12. The van der Waals surface area contributed by atoms with Gasteiger partial charge in [0.2, 0.25) is 0 Å². The van der Waals surface area contributed by atoms with Crippen LogP contribution in [0.2, 0.25) is 0 Å². The van der Waals surface area contributed by atoms with Crippen molar-refractivity contribution in [3.8, 4) is 0 Å². The molecule has 1 heterocycles. The Morgan fingerprint density at radius 1 is 1.56 bits per heavy atom. The molecule has 54 valence electrons. The average Bonchev–Trinajstić information content (AvgIpc) is 2.08. The zero-order valence-corrected chi connectivity index (χ0v) is 6.05. The second-order valence-electron chi connectivity index (χ2n) is 3.21. The lowest BCUT2D eigenvalue weighted by molar-refractivity contribution is 0.0123. The molecule has 0 aromatic heterocycles. The maximum atomic E-state index is 9.44. The first-order valence-electron chi connectivity index (χ1n) is 3.41. The fourth-order valence-electron chi connectivity index (χ4n) is 1.09. The van der Waals surface area contributed by atoms with E-state index >= 15 is 0 Å². The van der Waals surface area contributed by atoms with E-state index < -0.39 is 5.60 Å². The quantitative estimate of drug-likeness (QED) is 0.568. The number of hydrogen-bond donors (Lipinski definition) is 1. The van der Waals surface area contributed by atoms with Gasteiger partial charge in [0, 0.05) is 12.5 Å². The maximum Gasteiger partial charge on any atom is 0.0642 e. The summed E-state index contributed by atoms with van der Waals surface area (Å²) in [6.07, 6.45) is 1.00. The van der Waals surface area contributed by atoms with Crippen LogP contribution in [0.3, 0.4) is 0 Å². The van der Waals surface area contributed by atoms with Crippen LogP contribution in [-0.2, 0) is 4.74 Å². The van der Waals surface area contributed by atoms with Crippen LogP contribution in [-0.4, -0.2) is 23.9 Å². The molecular formula is C7H14O2. The van der Waals surface area contributed by atoms with E-state index in [1.165, 1.54) is 0 Å². The van der Waals surface area contributed by atoms with E-state index in [2.05, 4.69) is 0 Å². The molecule has 0 saturated carbocycles. The second-order valence-corrected chi connectivity index (χ2v) is 3.21. The third kappa shape index (κ3) is 1.66. The van der Waals surface area contributed by atoms with Gasteiger partial charge in [0.1, 0.15) is 0 Å². The van der Waals surface area contributed by atoms with Gasteiger partial charge in [-0.3, -0.25) is 0 Å². The SMILES string of the molecule is CC(C)(O)[C@@H]1CCOC1. The van der Waals surface area contributed by atoms with E-state index in [-0.39, 0.29) is 0 Å². The van der Waals surface area contributed by atoms with Crippen molar-refractivity contribution >= 4 is 0 Å². The first kappa shape index (κ1) is 7.03. The Bertz CT molecular complexity index is 87.6. The van der Waals surface area contributed by atoms with Crippen LogP contribution < -0.4 is 0 Å². The Morgan fingerprint density at radius 3 is 2.44 bits per heavy atom. The molecule has 0 aliphatic carbocycles. The normalized spacial score (nSPS) is 29.0. The first-order chi connectivity index (χ1) is 4.11. The molecule has 2 nitrogen and oxygen atoms in total. The van der Waals surface area contributed by atoms with Gasteiger partial charge < -0.3 is 9.84 Å². The minimum absolute atomic E-state index is 0.345. The van der Waals surface area contributed by atoms with Crippen molar-refractivity contribution < 1.29 is 9.84 Å². The zero-order valence-electron chi connectivity index (χ0n) is 6.05. The van der Waals surface area contributed by atoms with Gasteiger partial charge in [-0.25, -0.2) is 0 Å². The first-order valence-corrected chi connectivity index (χ1v) is 3.41. The van der Waals surface area contributed by atoms with Crippen molar-refractivity contribution in [1.82, 2.24) is 0 Å². The average molecular weight is 130 g/mol. The summed E-state index contributed by atoms with van der Waals surface area (Å²) in [6, 6.07) is 0. The standard InChI is InChI=1S/C7H14O2/c1-7(2,8)6-3-4-9-5-6/h6,8H,3-5H2,1-2H3/t6-/m1/s1. The smallest absolute Gasteiger partial charge is 0.0642 e. The van der Waals surface area contributed by atoms with Gasteiger partial charge in [0.05, 0.1) is 12.2 Å². The molecule has 0 bridgehead atoms. The summed E-state index contributed by atoms with van der Waals surface area (Å²) >= 11 is 0. The highest BCUT2D eigenvalue weighted by Crippen LogP contribution is 2.24. The highest BCUT2D eigenvalue weighted by Gasteiger charge is 2.29. The summed E-state index contributed by atoms with van der Waals surface area (Å²) in [6.45, 7) is 5.22. The van der Waals surface area contributed by atoms with Gasteiger partial charge in [-0.05, 0) is 20.3 Å². The Kier molecular flexibility index (Phi) is 1.78. The molecule has 9 heavy (non-hydrogen) atoms. The fourth-order valence-corrected chi connectivity index (χ4v) is 1.09. The second kappa shape index (κ2) is 2.27. The van der Waals surface area contributed by atoms with Crippen LogP contribution in [0.25, 0.3) is 0 Å². The summed E-state index contributed by atoms with van der Waals surface area (Å²) in [4.78, 5) is 0. The van der Waals surface area contributed by atoms with Crippen LogP contribution >= 0.6 is 0 Å². The van der Waals surface area contributed by atoms with Crippen molar-refractivity contribution in [1.29, 1.82) is 0 Å². The predicted octanol–water partition coefficient (Wildman–Crippen LogP) is 0.794. The molecule has 0 aromatic carbocycles. The maximum absolute atomic E-state index is 9.44. The molecular weight excluding hydrogens is 116 g/mol. The molecule has 0 radical (unpaired) electrons. The van der Waals surface area contributed by atoms with Crippen LogP contribution in [0.1, 0.15) is 20.3 Å². The summed E-state index contributed by atoms with van der Waals surface area (Å²) in [5.74, 6) is 0.345. The highest BCUT2D eigenvalue weighted by molar-refractivity contribution is 4.79. The molecule has 0 spiro atoms. The fraction of sp³-hybridized carbons (Fsp3) is 1.00. The lowest BCUT2D eigenvalue weighted by atomic mass is 9.91. The summed E-state index contributed by atoms with van der Waals surface area (Å²) in [5.41, 5.74) is -0.545. The summed E-state index contributed by atoms with van der Waals surface area (Å²) in [5, 5.41) is 9.44. The van der Waals surface area contributed by atoms with E-state index in [4.69, 9.17) is 4.74 Å². The monoisotopic (exact) mass is 130 g/mol. The lowest BCUT2D eigenvalue weighted by Crippen LogP contribution is -2.30. The van der Waals surface area contributed by atoms with Gasteiger partial charge in [-0.1, -0.05) is 0 Å². The number of aliphatic hydroxyl groups is 1. The minimum Gasteiger partial charge on any atom is -0.390 e. The van der Waals surface area contributed by atoms with E-state index in [0.29, 0.717) is 5.92 Å². The van der Waals surface area contributed by atoms with Crippen molar-refractivity contribution in [2.24, 2.45) is 5.92 Å². The third-order valence-electron chi connectivity index (χ3n) is 1.93. The topological polar surface area (TPSA) is 29.5 Å². The molecule has 1 fully saturated rings. The molecule has 2 heteroatoms. The Labute approximate surface area is 55.8 Å². The number of ether oxygens (including phenoxy) is 1. The third-order valence-corrected chi connectivity index (χ3v) is 1.93. The van der Waals surface area contributed by atoms with Crippen LogP contribution in [0.4, 0.5) is 0 Å². The lowest BCUT2D eigenvalue weighted by Gasteiger charge is -2.23. The molecule has 1 aliphatic rings.